The molecular weight excluding hydrogens is 673 g/mol. The van der Waals surface area contributed by atoms with Crippen LogP contribution in [0.1, 0.15) is 0 Å². The molecule has 0 atom stereocenters. The van der Waals surface area contributed by atoms with E-state index >= 15 is 0 Å². The fourth-order valence-electron chi connectivity index (χ4n) is 9.63. The Kier molecular flexibility index (Phi) is 6.73. The summed E-state index contributed by atoms with van der Waals surface area (Å²) in [5.74, 6) is 0. The van der Waals surface area contributed by atoms with Gasteiger partial charge in [-0.2, -0.15) is 0 Å². The highest BCUT2D eigenvalue weighted by Gasteiger charge is 2.20. The monoisotopic (exact) mass is 706 g/mol. The summed E-state index contributed by atoms with van der Waals surface area (Å²) in [4.78, 5) is 0. The van der Waals surface area contributed by atoms with Gasteiger partial charge in [0.1, 0.15) is 0 Å². The van der Waals surface area contributed by atoms with E-state index < -0.39 is 0 Å². The van der Waals surface area contributed by atoms with Crippen molar-refractivity contribution in [3.05, 3.63) is 206 Å². The molecule has 12 aromatic rings. The molecule has 0 fully saturated rings. The van der Waals surface area contributed by atoms with E-state index in [9.17, 15) is 0 Å². The lowest BCUT2D eigenvalue weighted by Gasteiger charge is -2.21. The third-order valence-corrected chi connectivity index (χ3v) is 12.1. The molecule has 0 nitrogen and oxygen atoms in total. The van der Waals surface area contributed by atoms with Crippen molar-refractivity contribution in [1.82, 2.24) is 0 Å². The van der Waals surface area contributed by atoms with Crippen LogP contribution in [0, 0.1) is 0 Å². The summed E-state index contributed by atoms with van der Waals surface area (Å²) < 4.78 is 0. The predicted molar refractivity (Wildman–Crippen MR) is 241 cm³/mol. The van der Waals surface area contributed by atoms with Crippen molar-refractivity contribution in [1.29, 1.82) is 0 Å². The molecule has 0 spiro atoms. The molecule has 56 heavy (non-hydrogen) atoms. The van der Waals surface area contributed by atoms with Gasteiger partial charge in [-0.25, -0.2) is 0 Å². The van der Waals surface area contributed by atoms with E-state index in [4.69, 9.17) is 0 Å². The van der Waals surface area contributed by atoms with Gasteiger partial charge in [-0.1, -0.05) is 188 Å². The van der Waals surface area contributed by atoms with E-state index in [2.05, 4.69) is 206 Å². The van der Waals surface area contributed by atoms with Crippen molar-refractivity contribution in [3.8, 4) is 55.6 Å². The number of rotatable bonds is 5. The summed E-state index contributed by atoms with van der Waals surface area (Å²) in [5.41, 5.74) is 12.2. The van der Waals surface area contributed by atoms with Gasteiger partial charge in [0.15, 0.2) is 0 Å². The van der Waals surface area contributed by atoms with Gasteiger partial charge in [-0.15, -0.1) is 0 Å². The Morgan fingerprint density at radius 2 is 0.625 bits per heavy atom. The molecule has 0 unspecified atom stereocenters. The lowest BCUT2D eigenvalue weighted by molar-refractivity contribution is 1.55. The second-order valence-corrected chi connectivity index (χ2v) is 15.2. The highest BCUT2D eigenvalue weighted by atomic mass is 14.2. The molecule has 0 aromatic heterocycles. The molecule has 0 heteroatoms. The maximum atomic E-state index is 2.44. The highest BCUT2D eigenvalue weighted by molar-refractivity contribution is 6.27. The molecule has 12 rings (SSSR count). The van der Waals surface area contributed by atoms with Crippen LogP contribution in [0.5, 0.6) is 0 Å². The second kappa shape index (κ2) is 12.1. The van der Waals surface area contributed by atoms with E-state index in [0.29, 0.717) is 0 Å². The zero-order valence-corrected chi connectivity index (χ0v) is 30.6. The van der Waals surface area contributed by atoms with Crippen LogP contribution < -0.4 is 0 Å². The Morgan fingerprint density at radius 3 is 1.23 bits per heavy atom. The minimum absolute atomic E-state index is 1.20. The Balaban J connectivity index is 1.18. The quantitative estimate of drug-likeness (QED) is 0.156. The van der Waals surface area contributed by atoms with Gasteiger partial charge < -0.3 is 0 Å². The van der Waals surface area contributed by atoms with Crippen LogP contribution >= 0.6 is 0 Å². The zero-order chi connectivity index (χ0) is 36.7. The molecule has 0 bridgehead atoms. The molecule has 12 aromatic carbocycles. The maximum Gasteiger partial charge on any atom is -0.00206 e. The summed E-state index contributed by atoms with van der Waals surface area (Å²) in [6, 6.07) is 76.9. The number of hydrogen-bond donors (Lipinski definition) is 0. The summed E-state index contributed by atoms with van der Waals surface area (Å²) in [5, 5.41) is 15.6. The molecule has 0 saturated heterocycles. The van der Waals surface area contributed by atoms with E-state index in [0.717, 1.165) is 0 Å². The minimum Gasteiger partial charge on any atom is -0.0622 e. The Bertz CT molecular complexity index is 3410. The van der Waals surface area contributed by atoms with Crippen molar-refractivity contribution in [2.75, 3.05) is 0 Å². The third-order valence-electron chi connectivity index (χ3n) is 12.1. The Morgan fingerprint density at radius 1 is 0.196 bits per heavy atom. The summed E-state index contributed by atoms with van der Waals surface area (Å²) >= 11 is 0. The largest absolute Gasteiger partial charge is 0.0622 e. The summed E-state index contributed by atoms with van der Waals surface area (Å²) in [7, 11) is 0. The van der Waals surface area contributed by atoms with Crippen LogP contribution in [0.3, 0.4) is 0 Å². The van der Waals surface area contributed by atoms with Crippen molar-refractivity contribution in [2.24, 2.45) is 0 Å². The van der Waals surface area contributed by atoms with Crippen molar-refractivity contribution in [2.45, 2.75) is 0 Å². The fraction of sp³-hybridized carbons (Fsp3) is 0. The first kappa shape index (κ1) is 31.1. The third kappa shape index (κ3) is 4.66. The SMILES string of the molecule is c1ccc(-c2cc(-c3c(-c4ccccc4)cccc3-c3ccc4ccc5cccc6ccc3c4c56)cc(-c3ccc4ccc5cccc6ccc3c4c56)c2)cc1. The molecule has 0 aliphatic rings. The summed E-state index contributed by atoms with van der Waals surface area (Å²) in [6.45, 7) is 0. The first-order valence-corrected chi connectivity index (χ1v) is 19.5. The van der Waals surface area contributed by atoms with Gasteiger partial charge in [-0.05, 0) is 138 Å². The number of benzene rings is 12. The second-order valence-electron chi connectivity index (χ2n) is 15.2. The maximum absolute atomic E-state index is 2.44. The lowest BCUT2D eigenvalue weighted by atomic mass is 9.82. The van der Waals surface area contributed by atoms with Crippen LogP contribution in [0.25, 0.3) is 120 Å². The molecular formula is C56H34. The van der Waals surface area contributed by atoms with Crippen LogP contribution in [-0.2, 0) is 0 Å². The Labute approximate surface area is 325 Å². The Hall–Kier alpha value is -7.28. The van der Waals surface area contributed by atoms with Crippen LogP contribution in [0.15, 0.2) is 206 Å². The van der Waals surface area contributed by atoms with Crippen LogP contribution in [-0.4, -0.2) is 0 Å². The minimum atomic E-state index is 1.20. The van der Waals surface area contributed by atoms with Gasteiger partial charge >= 0.3 is 0 Å². The average Bonchev–Trinajstić information content (AvgIpc) is 3.27. The summed E-state index contributed by atoms with van der Waals surface area (Å²) in [6.07, 6.45) is 0. The van der Waals surface area contributed by atoms with Gasteiger partial charge in [0, 0.05) is 0 Å². The molecule has 0 aliphatic heterocycles. The van der Waals surface area contributed by atoms with Crippen molar-refractivity contribution in [3.63, 3.8) is 0 Å². The normalized spacial score (nSPS) is 11.9. The zero-order valence-electron chi connectivity index (χ0n) is 30.6. The molecule has 0 radical (unpaired) electrons. The number of hydrogen-bond acceptors (Lipinski definition) is 0. The lowest BCUT2D eigenvalue weighted by Crippen LogP contribution is -1.94. The van der Waals surface area contributed by atoms with Crippen LogP contribution in [0.2, 0.25) is 0 Å². The molecule has 0 N–H and O–H groups in total. The first-order valence-electron chi connectivity index (χ1n) is 19.5. The van der Waals surface area contributed by atoms with E-state index in [1.54, 1.807) is 0 Å². The molecule has 0 saturated carbocycles. The van der Waals surface area contributed by atoms with E-state index in [1.165, 1.54) is 120 Å². The van der Waals surface area contributed by atoms with Gasteiger partial charge in [0.25, 0.3) is 0 Å². The van der Waals surface area contributed by atoms with Crippen molar-refractivity contribution >= 4 is 64.6 Å². The van der Waals surface area contributed by atoms with Crippen LogP contribution in [0.4, 0.5) is 0 Å². The highest BCUT2D eigenvalue weighted by Crippen LogP contribution is 2.47. The van der Waals surface area contributed by atoms with Gasteiger partial charge in [0.2, 0.25) is 0 Å². The first-order chi connectivity index (χ1) is 27.8. The molecule has 258 valence electrons. The van der Waals surface area contributed by atoms with E-state index in [1.807, 2.05) is 0 Å². The average molecular weight is 707 g/mol. The smallest absolute Gasteiger partial charge is 0.00206 e. The fourth-order valence-corrected chi connectivity index (χ4v) is 9.63. The molecule has 0 aliphatic carbocycles. The standard InChI is InChI=1S/C56H34/c1-3-10-35(11-4-1)43-32-44(46-28-24-41-22-20-37-14-7-16-39-26-30-50(46)55(41)52(37)39)34-45(33-43)54-47(36-12-5-2-6-13-36)18-9-19-49(54)48-29-25-42-23-21-38-15-8-17-40-27-31-51(48)56(42)53(38)40/h1-34H. The van der Waals surface area contributed by atoms with Gasteiger partial charge in [0.05, 0.1) is 0 Å². The van der Waals surface area contributed by atoms with Crippen molar-refractivity contribution < 1.29 is 0 Å². The molecule has 0 heterocycles. The topological polar surface area (TPSA) is 0 Å². The van der Waals surface area contributed by atoms with E-state index in [-0.39, 0.29) is 0 Å². The van der Waals surface area contributed by atoms with Gasteiger partial charge in [-0.3, -0.25) is 0 Å². The predicted octanol–water partition coefficient (Wildman–Crippen LogP) is 15.8. The molecule has 0 amide bonds.